The summed E-state index contributed by atoms with van der Waals surface area (Å²) < 4.78 is 5.86. The maximum atomic E-state index is 13.0. The molecule has 1 aromatic heterocycles. The lowest BCUT2D eigenvalue weighted by Crippen LogP contribution is -2.42. The lowest BCUT2D eigenvalue weighted by Gasteiger charge is -2.33. The molecular formula is C20H19N3O2. The van der Waals surface area contributed by atoms with Gasteiger partial charge < -0.3 is 9.64 Å². The quantitative estimate of drug-likeness (QED) is 0.800. The van der Waals surface area contributed by atoms with Crippen molar-refractivity contribution in [2.24, 2.45) is 0 Å². The van der Waals surface area contributed by atoms with Crippen LogP contribution >= 0.6 is 0 Å². The lowest BCUT2D eigenvalue weighted by atomic mass is 10.1. The molecule has 2 heterocycles. The molecule has 0 aliphatic carbocycles. The third-order valence-corrected chi connectivity index (χ3v) is 4.46. The van der Waals surface area contributed by atoms with Crippen LogP contribution in [0.2, 0.25) is 0 Å². The molecule has 0 bridgehead atoms. The van der Waals surface area contributed by atoms with Gasteiger partial charge in [-0.25, -0.2) is 0 Å². The molecular weight excluding hydrogens is 314 g/mol. The van der Waals surface area contributed by atoms with E-state index in [0.717, 1.165) is 16.8 Å². The fraction of sp³-hybridized carbons (Fsp3) is 0.200. The summed E-state index contributed by atoms with van der Waals surface area (Å²) in [4.78, 5) is 14.9. The second kappa shape index (κ2) is 6.91. The SMILES string of the molecule is O=C(c1cn[nH]c1-c1ccccc1)N1CCOC(c2ccccc2)C1. The number of carbonyl (C=O) groups is 1. The van der Waals surface area contributed by atoms with Gasteiger partial charge in [0.1, 0.15) is 6.10 Å². The minimum absolute atomic E-state index is 0.0168. The van der Waals surface area contributed by atoms with Crippen molar-refractivity contribution in [2.45, 2.75) is 6.10 Å². The Morgan fingerprint density at radius 2 is 1.80 bits per heavy atom. The molecule has 4 rings (SSSR count). The maximum Gasteiger partial charge on any atom is 0.257 e. The highest BCUT2D eigenvalue weighted by atomic mass is 16.5. The Kier molecular flexibility index (Phi) is 4.31. The number of hydrogen-bond donors (Lipinski definition) is 1. The molecule has 1 fully saturated rings. The summed E-state index contributed by atoms with van der Waals surface area (Å²) in [7, 11) is 0. The van der Waals surface area contributed by atoms with Crippen LogP contribution in [0.3, 0.4) is 0 Å². The number of carbonyl (C=O) groups excluding carboxylic acids is 1. The van der Waals surface area contributed by atoms with Crippen molar-refractivity contribution in [3.05, 3.63) is 78.0 Å². The van der Waals surface area contributed by atoms with E-state index in [4.69, 9.17) is 4.74 Å². The second-order valence-electron chi connectivity index (χ2n) is 6.05. The molecule has 1 N–H and O–H groups in total. The molecule has 1 unspecified atom stereocenters. The Morgan fingerprint density at radius 3 is 2.56 bits per heavy atom. The molecule has 1 aliphatic heterocycles. The Hall–Kier alpha value is -2.92. The van der Waals surface area contributed by atoms with E-state index in [-0.39, 0.29) is 12.0 Å². The first-order valence-corrected chi connectivity index (χ1v) is 8.37. The van der Waals surface area contributed by atoms with Gasteiger partial charge >= 0.3 is 0 Å². The smallest absolute Gasteiger partial charge is 0.257 e. The largest absolute Gasteiger partial charge is 0.370 e. The standard InChI is InChI=1S/C20H19N3O2/c24-20(17-13-21-22-19(17)16-9-5-2-6-10-16)23-11-12-25-18(14-23)15-7-3-1-4-8-15/h1-10,13,18H,11-12,14H2,(H,21,22). The number of nitrogens with one attached hydrogen (secondary N) is 1. The summed E-state index contributed by atoms with van der Waals surface area (Å²) >= 11 is 0. The molecule has 1 saturated heterocycles. The Bertz CT molecular complexity index is 846. The zero-order valence-corrected chi connectivity index (χ0v) is 13.8. The number of rotatable bonds is 3. The van der Waals surface area contributed by atoms with E-state index in [1.165, 1.54) is 0 Å². The van der Waals surface area contributed by atoms with Crippen molar-refractivity contribution >= 4 is 5.91 Å². The van der Waals surface area contributed by atoms with Crippen LogP contribution in [-0.4, -0.2) is 40.7 Å². The van der Waals surface area contributed by atoms with Gasteiger partial charge in [-0.1, -0.05) is 60.7 Å². The average molecular weight is 333 g/mol. The molecule has 3 aromatic rings. The van der Waals surface area contributed by atoms with Gasteiger partial charge in [-0.2, -0.15) is 5.10 Å². The second-order valence-corrected chi connectivity index (χ2v) is 6.05. The predicted octanol–water partition coefficient (Wildman–Crippen LogP) is 3.29. The Morgan fingerprint density at radius 1 is 1.08 bits per heavy atom. The summed E-state index contributed by atoms with van der Waals surface area (Å²) in [5.41, 5.74) is 3.40. The van der Waals surface area contributed by atoms with Gasteiger partial charge in [-0.3, -0.25) is 9.89 Å². The number of hydrogen-bond acceptors (Lipinski definition) is 3. The van der Waals surface area contributed by atoms with Crippen LogP contribution in [0.1, 0.15) is 22.0 Å². The zero-order chi connectivity index (χ0) is 17.1. The minimum Gasteiger partial charge on any atom is -0.370 e. The summed E-state index contributed by atoms with van der Waals surface area (Å²) in [6.07, 6.45) is 1.52. The number of ether oxygens (including phenoxy) is 1. The Labute approximate surface area is 146 Å². The van der Waals surface area contributed by atoms with Gasteiger partial charge in [0.25, 0.3) is 5.91 Å². The highest BCUT2D eigenvalue weighted by molar-refractivity contribution is 5.99. The summed E-state index contributed by atoms with van der Waals surface area (Å²) in [6, 6.07) is 19.8. The zero-order valence-electron chi connectivity index (χ0n) is 13.8. The first kappa shape index (κ1) is 15.6. The van der Waals surface area contributed by atoms with Gasteiger partial charge in [0.2, 0.25) is 0 Å². The number of nitrogens with zero attached hydrogens (tertiary/aromatic N) is 2. The molecule has 5 heteroatoms. The van der Waals surface area contributed by atoms with Crippen molar-refractivity contribution in [3.8, 4) is 11.3 Å². The van der Waals surface area contributed by atoms with E-state index >= 15 is 0 Å². The third kappa shape index (κ3) is 3.19. The van der Waals surface area contributed by atoms with Crippen molar-refractivity contribution in [1.29, 1.82) is 0 Å². The summed E-state index contributed by atoms with van der Waals surface area (Å²) in [5.74, 6) is -0.0168. The normalized spacial score (nSPS) is 17.4. The average Bonchev–Trinajstić information content (AvgIpc) is 3.19. The van der Waals surface area contributed by atoms with Crippen LogP contribution in [0.15, 0.2) is 66.9 Å². The number of aromatic amines is 1. The molecule has 2 aromatic carbocycles. The van der Waals surface area contributed by atoms with E-state index in [2.05, 4.69) is 10.2 Å². The van der Waals surface area contributed by atoms with Gasteiger partial charge in [0, 0.05) is 12.1 Å². The van der Waals surface area contributed by atoms with E-state index in [1.807, 2.05) is 65.6 Å². The van der Waals surface area contributed by atoms with E-state index in [0.29, 0.717) is 25.3 Å². The topological polar surface area (TPSA) is 58.2 Å². The van der Waals surface area contributed by atoms with Crippen LogP contribution in [0.4, 0.5) is 0 Å². The molecule has 1 amide bonds. The van der Waals surface area contributed by atoms with E-state index in [1.54, 1.807) is 6.20 Å². The molecule has 1 aliphatic rings. The number of amides is 1. The molecule has 5 nitrogen and oxygen atoms in total. The van der Waals surface area contributed by atoms with Crippen molar-refractivity contribution in [3.63, 3.8) is 0 Å². The van der Waals surface area contributed by atoms with Crippen LogP contribution in [0.25, 0.3) is 11.3 Å². The number of aromatic nitrogens is 2. The fourth-order valence-electron chi connectivity index (χ4n) is 3.15. The van der Waals surface area contributed by atoms with Crippen LogP contribution in [-0.2, 0) is 4.74 Å². The summed E-state index contributed by atoms with van der Waals surface area (Å²) in [5, 5.41) is 7.04. The molecule has 1 atom stereocenters. The molecule has 25 heavy (non-hydrogen) atoms. The Balaban J connectivity index is 1.57. The molecule has 126 valence electrons. The van der Waals surface area contributed by atoms with Crippen LogP contribution < -0.4 is 0 Å². The monoisotopic (exact) mass is 333 g/mol. The molecule has 0 saturated carbocycles. The van der Waals surface area contributed by atoms with Gasteiger partial charge in [-0.05, 0) is 5.56 Å². The van der Waals surface area contributed by atoms with E-state index in [9.17, 15) is 4.79 Å². The predicted molar refractivity (Wildman–Crippen MR) is 95.1 cm³/mol. The van der Waals surface area contributed by atoms with Crippen molar-refractivity contribution in [1.82, 2.24) is 15.1 Å². The molecule has 0 spiro atoms. The highest BCUT2D eigenvalue weighted by Gasteiger charge is 2.28. The minimum atomic E-state index is -0.0917. The van der Waals surface area contributed by atoms with Gasteiger partial charge in [0.15, 0.2) is 0 Å². The third-order valence-electron chi connectivity index (χ3n) is 4.46. The summed E-state index contributed by atoms with van der Waals surface area (Å²) in [6.45, 7) is 1.66. The highest BCUT2D eigenvalue weighted by Crippen LogP contribution is 2.26. The maximum absolute atomic E-state index is 13.0. The van der Waals surface area contributed by atoms with Crippen LogP contribution in [0.5, 0.6) is 0 Å². The van der Waals surface area contributed by atoms with Crippen molar-refractivity contribution in [2.75, 3.05) is 19.7 Å². The first-order valence-electron chi connectivity index (χ1n) is 8.37. The first-order chi connectivity index (χ1) is 12.3. The fourth-order valence-corrected chi connectivity index (χ4v) is 3.15. The van der Waals surface area contributed by atoms with Crippen molar-refractivity contribution < 1.29 is 9.53 Å². The number of morpholine rings is 1. The van der Waals surface area contributed by atoms with Crippen LogP contribution in [0, 0.1) is 0 Å². The van der Waals surface area contributed by atoms with Gasteiger partial charge in [0.05, 0.1) is 30.6 Å². The number of H-pyrrole nitrogens is 1. The number of benzene rings is 2. The molecule has 0 radical (unpaired) electrons. The van der Waals surface area contributed by atoms with E-state index < -0.39 is 0 Å². The lowest BCUT2D eigenvalue weighted by molar-refractivity contribution is -0.0227. The van der Waals surface area contributed by atoms with Gasteiger partial charge in [-0.15, -0.1) is 0 Å².